The van der Waals surface area contributed by atoms with E-state index in [-0.39, 0.29) is 17.2 Å². The molecule has 2 heterocycles. The minimum atomic E-state index is -0.577. The van der Waals surface area contributed by atoms with Crippen LogP contribution in [0.4, 0.5) is 10.1 Å². The van der Waals surface area contributed by atoms with Crippen LogP contribution in [0.25, 0.3) is 0 Å². The van der Waals surface area contributed by atoms with Gasteiger partial charge in [-0.2, -0.15) is 0 Å². The lowest BCUT2D eigenvalue weighted by atomic mass is 10.2. The zero-order valence-corrected chi connectivity index (χ0v) is 14.3. The summed E-state index contributed by atoms with van der Waals surface area (Å²) >= 11 is 1.24. The van der Waals surface area contributed by atoms with Crippen molar-refractivity contribution in [3.05, 3.63) is 75.9 Å². The second-order valence-corrected chi connectivity index (χ2v) is 6.65. The molecule has 1 N–H and O–H groups in total. The Hall–Kier alpha value is -3.24. The van der Waals surface area contributed by atoms with Crippen LogP contribution in [-0.2, 0) is 0 Å². The standard InChI is InChI=1S/C17H11FN4O4S/c18-11-2-1-3-12(7-11)26-15-5-4-10(6-14(15)22(24)25)16-20-13-8-19-9-21(23)17(13)27-16/h1-9,17,23H. The number of aliphatic imine (C=N–C) groups is 2. The molecule has 0 spiro atoms. The average molecular weight is 386 g/mol. The van der Waals surface area contributed by atoms with Gasteiger partial charge >= 0.3 is 5.69 Å². The third-order valence-electron chi connectivity index (χ3n) is 3.77. The second kappa shape index (κ2) is 6.82. The maximum absolute atomic E-state index is 13.3. The molecule has 1 unspecified atom stereocenters. The number of benzene rings is 2. The van der Waals surface area contributed by atoms with Crippen molar-refractivity contribution in [3.63, 3.8) is 0 Å². The zero-order valence-electron chi connectivity index (χ0n) is 13.5. The number of nitrogens with zero attached hydrogens (tertiary/aromatic N) is 4. The van der Waals surface area contributed by atoms with Gasteiger partial charge in [0, 0.05) is 17.7 Å². The van der Waals surface area contributed by atoms with Crippen LogP contribution >= 0.6 is 11.8 Å². The number of hydrogen-bond acceptors (Lipinski definition) is 8. The van der Waals surface area contributed by atoms with Crippen molar-refractivity contribution in [3.8, 4) is 11.5 Å². The third kappa shape index (κ3) is 3.39. The molecule has 0 aliphatic carbocycles. The maximum Gasteiger partial charge on any atom is 0.312 e. The molecule has 4 rings (SSSR count). The molecule has 0 fully saturated rings. The number of ether oxygens (including phenoxy) is 1. The van der Waals surface area contributed by atoms with E-state index < -0.39 is 16.1 Å². The molecule has 2 aliphatic rings. The Bertz CT molecular complexity index is 1020. The van der Waals surface area contributed by atoms with Crippen LogP contribution < -0.4 is 4.74 Å². The molecule has 1 atom stereocenters. The molecular weight excluding hydrogens is 375 g/mol. The molecule has 136 valence electrons. The Morgan fingerprint density at radius 2 is 2.15 bits per heavy atom. The van der Waals surface area contributed by atoms with Gasteiger partial charge in [-0.25, -0.2) is 19.4 Å². The van der Waals surface area contributed by atoms with Crippen molar-refractivity contribution in [1.82, 2.24) is 5.06 Å². The second-order valence-electron chi connectivity index (χ2n) is 5.58. The van der Waals surface area contributed by atoms with Gasteiger partial charge in [-0.15, -0.1) is 0 Å². The molecule has 27 heavy (non-hydrogen) atoms. The predicted molar refractivity (Wildman–Crippen MR) is 97.7 cm³/mol. The molecule has 0 bridgehead atoms. The van der Waals surface area contributed by atoms with Gasteiger partial charge in [-0.05, 0) is 24.3 Å². The highest BCUT2D eigenvalue weighted by atomic mass is 32.2. The van der Waals surface area contributed by atoms with Gasteiger partial charge < -0.3 is 4.74 Å². The van der Waals surface area contributed by atoms with Crippen LogP contribution in [0.15, 0.2) is 64.3 Å². The first-order valence-corrected chi connectivity index (χ1v) is 8.57. The van der Waals surface area contributed by atoms with Crippen LogP contribution in [0.2, 0.25) is 0 Å². The topological polar surface area (TPSA) is 101 Å². The summed E-state index contributed by atoms with van der Waals surface area (Å²) in [6.45, 7) is 0. The fourth-order valence-electron chi connectivity index (χ4n) is 2.56. The van der Waals surface area contributed by atoms with E-state index >= 15 is 0 Å². The van der Waals surface area contributed by atoms with E-state index in [1.807, 2.05) is 0 Å². The lowest BCUT2D eigenvalue weighted by Gasteiger charge is -2.20. The fourth-order valence-corrected chi connectivity index (χ4v) is 3.58. The van der Waals surface area contributed by atoms with Crippen LogP contribution in [0, 0.1) is 15.9 Å². The first-order valence-electron chi connectivity index (χ1n) is 7.69. The number of hydroxylamine groups is 2. The first kappa shape index (κ1) is 17.2. The first-order chi connectivity index (χ1) is 13.0. The number of fused-ring (bicyclic) bond motifs is 1. The summed E-state index contributed by atoms with van der Waals surface area (Å²) in [5.41, 5.74) is 0.769. The largest absolute Gasteiger partial charge is 0.450 e. The van der Waals surface area contributed by atoms with Crippen molar-refractivity contribution < 1.29 is 19.3 Å². The summed E-state index contributed by atoms with van der Waals surface area (Å²) in [7, 11) is 0. The van der Waals surface area contributed by atoms with Crippen molar-refractivity contribution in [1.29, 1.82) is 0 Å². The molecule has 8 nitrogen and oxygen atoms in total. The predicted octanol–water partition coefficient (Wildman–Crippen LogP) is 3.92. The lowest BCUT2D eigenvalue weighted by molar-refractivity contribution is -0.385. The van der Waals surface area contributed by atoms with E-state index in [1.165, 1.54) is 54.6 Å². The van der Waals surface area contributed by atoms with E-state index in [2.05, 4.69) is 9.98 Å². The Labute approximate surface area is 156 Å². The van der Waals surface area contributed by atoms with E-state index in [4.69, 9.17) is 4.74 Å². The summed E-state index contributed by atoms with van der Waals surface area (Å²) in [6, 6.07) is 9.74. The number of thioether (sulfide) groups is 1. The Kier molecular flexibility index (Phi) is 4.34. The number of rotatable bonds is 4. The van der Waals surface area contributed by atoms with Crippen LogP contribution in [0.1, 0.15) is 5.56 Å². The smallest absolute Gasteiger partial charge is 0.312 e. The van der Waals surface area contributed by atoms with E-state index in [1.54, 1.807) is 6.07 Å². The molecule has 0 radical (unpaired) electrons. The summed E-state index contributed by atoms with van der Waals surface area (Å²) in [5, 5.41) is 22.3. The van der Waals surface area contributed by atoms with Crippen molar-refractivity contribution in [2.75, 3.05) is 0 Å². The Balaban J connectivity index is 1.66. The van der Waals surface area contributed by atoms with Gasteiger partial charge in [0.05, 0.1) is 16.8 Å². The van der Waals surface area contributed by atoms with Crippen molar-refractivity contribution in [2.45, 2.75) is 5.37 Å². The van der Waals surface area contributed by atoms with E-state index in [9.17, 15) is 19.7 Å². The highest BCUT2D eigenvalue weighted by Gasteiger charge is 2.32. The van der Waals surface area contributed by atoms with E-state index in [0.29, 0.717) is 16.3 Å². The minimum Gasteiger partial charge on any atom is -0.450 e. The number of hydrogen-bond donors (Lipinski definition) is 1. The highest BCUT2D eigenvalue weighted by Crippen LogP contribution is 2.38. The van der Waals surface area contributed by atoms with Gasteiger partial charge in [0.1, 0.15) is 22.9 Å². The van der Waals surface area contributed by atoms with Gasteiger partial charge in [0.2, 0.25) is 5.75 Å². The van der Waals surface area contributed by atoms with Crippen molar-refractivity contribution >= 4 is 28.8 Å². The fraction of sp³-hybridized carbons (Fsp3) is 0.0588. The quantitative estimate of drug-likeness (QED) is 0.631. The van der Waals surface area contributed by atoms with Crippen LogP contribution in [-0.4, -0.2) is 31.9 Å². The summed E-state index contributed by atoms with van der Waals surface area (Å²) in [5.74, 6) is -0.362. The Morgan fingerprint density at radius 1 is 1.30 bits per heavy atom. The van der Waals surface area contributed by atoms with E-state index in [0.717, 1.165) is 11.1 Å². The van der Waals surface area contributed by atoms with Crippen LogP contribution in [0.5, 0.6) is 11.5 Å². The molecule has 0 saturated heterocycles. The maximum atomic E-state index is 13.3. The highest BCUT2D eigenvalue weighted by molar-refractivity contribution is 8.15. The summed E-state index contributed by atoms with van der Waals surface area (Å²) < 4.78 is 18.8. The van der Waals surface area contributed by atoms with Gasteiger partial charge in [-0.1, -0.05) is 17.8 Å². The zero-order chi connectivity index (χ0) is 19.0. The molecule has 0 amide bonds. The number of halogens is 1. The normalized spacial score (nSPS) is 18.0. The average Bonchev–Trinajstić information content (AvgIpc) is 3.07. The molecular formula is C17H11FN4O4S. The lowest BCUT2D eigenvalue weighted by Crippen LogP contribution is -2.29. The third-order valence-corrected chi connectivity index (χ3v) is 5.00. The van der Waals surface area contributed by atoms with Crippen molar-refractivity contribution in [2.24, 2.45) is 9.98 Å². The number of nitro benzene ring substituents is 1. The van der Waals surface area contributed by atoms with Gasteiger partial charge in [0.15, 0.2) is 5.37 Å². The molecule has 0 aromatic heterocycles. The monoisotopic (exact) mass is 386 g/mol. The number of nitro groups is 1. The van der Waals surface area contributed by atoms with Gasteiger partial charge in [-0.3, -0.25) is 15.3 Å². The summed E-state index contributed by atoms with van der Waals surface area (Å²) in [4.78, 5) is 19.1. The molecule has 2 aromatic rings. The molecule has 2 aromatic carbocycles. The minimum absolute atomic E-state index is 0.0123. The van der Waals surface area contributed by atoms with Crippen LogP contribution in [0.3, 0.4) is 0 Å². The molecule has 2 aliphatic heterocycles. The molecule has 10 heteroatoms. The summed E-state index contributed by atoms with van der Waals surface area (Å²) in [6.07, 6.45) is 2.78. The SMILES string of the molecule is O=[N+]([O-])c1cc(C2=NC3=CN=CN(O)C3S2)ccc1Oc1cccc(F)c1. The van der Waals surface area contributed by atoms with Gasteiger partial charge in [0.25, 0.3) is 0 Å². The molecule has 0 saturated carbocycles. The Morgan fingerprint density at radius 3 is 2.89 bits per heavy atom.